The third-order valence-electron chi connectivity index (χ3n) is 5.85. The van der Waals surface area contributed by atoms with E-state index in [9.17, 15) is 10.1 Å². The molecule has 1 aliphatic carbocycles. The number of likely N-dealkylation sites (tertiary alicyclic amines) is 1. The van der Waals surface area contributed by atoms with Gasteiger partial charge >= 0.3 is 0 Å². The van der Waals surface area contributed by atoms with Gasteiger partial charge in [-0.05, 0) is 48.9 Å². The van der Waals surface area contributed by atoms with Crippen LogP contribution in [0.5, 0.6) is 0 Å². The zero-order chi connectivity index (χ0) is 20.4. The number of rotatable bonds is 5. The van der Waals surface area contributed by atoms with Crippen LogP contribution in [-0.2, 0) is 4.74 Å². The zero-order valence-electron chi connectivity index (χ0n) is 16.4. The fraction of sp³-hybridized carbons (Fsp3) is 0.409. The Morgan fingerprint density at radius 1 is 1.24 bits per heavy atom. The molecule has 0 spiro atoms. The van der Waals surface area contributed by atoms with Crippen molar-refractivity contribution in [2.45, 2.75) is 25.7 Å². The third-order valence-corrected chi connectivity index (χ3v) is 6.08. The van der Waals surface area contributed by atoms with Crippen LogP contribution < -0.4 is 0 Å². The number of benzene rings is 1. The van der Waals surface area contributed by atoms with E-state index in [2.05, 4.69) is 16.0 Å². The second-order valence-corrected chi connectivity index (χ2v) is 8.02. The lowest BCUT2D eigenvalue weighted by molar-refractivity contribution is -0.385. The van der Waals surface area contributed by atoms with Crippen molar-refractivity contribution in [3.05, 3.63) is 68.0 Å². The molecule has 7 heteroatoms. The molecule has 0 amide bonds. The topological polar surface area (TPSA) is 68.5 Å². The minimum Gasteiger partial charge on any atom is -0.366 e. The number of nitrogens with zero attached hydrogens (tertiary/aromatic N) is 3. The average molecular weight is 414 g/mol. The molecule has 6 nitrogen and oxygen atoms in total. The van der Waals surface area contributed by atoms with Gasteiger partial charge in [0, 0.05) is 42.3 Å². The van der Waals surface area contributed by atoms with E-state index in [-0.39, 0.29) is 11.6 Å². The van der Waals surface area contributed by atoms with Crippen molar-refractivity contribution in [2.24, 2.45) is 5.92 Å². The Bertz CT molecular complexity index is 939. The van der Waals surface area contributed by atoms with Gasteiger partial charge in [-0.25, -0.2) is 0 Å². The van der Waals surface area contributed by atoms with Gasteiger partial charge in [-0.2, -0.15) is 0 Å². The maximum absolute atomic E-state index is 11.2. The molecule has 0 bridgehead atoms. The Morgan fingerprint density at radius 2 is 2.00 bits per heavy atom. The summed E-state index contributed by atoms with van der Waals surface area (Å²) in [4.78, 5) is 17.8. The number of hydrogen-bond donors (Lipinski definition) is 0. The van der Waals surface area contributed by atoms with Gasteiger partial charge in [0.05, 0.1) is 17.3 Å². The van der Waals surface area contributed by atoms with Gasteiger partial charge in [0.2, 0.25) is 0 Å². The molecule has 0 saturated carbocycles. The van der Waals surface area contributed by atoms with Gasteiger partial charge in [-0.3, -0.25) is 20.0 Å². The third kappa shape index (κ3) is 4.20. The highest BCUT2D eigenvalue weighted by Crippen LogP contribution is 2.43. The van der Waals surface area contributed by atoms with E-state index >= 15 is 0 Å². The molecule has 152 valence electrons. The second kappa shape index (κ2) is 8.61. The molecular weight excluding hydrogens is 390 g/mol. The van der Waals surface area contributed by atoms with E-state index in [4.69, 9.17) is 16.3 Å². The Kier molecular flexibility index (Phi) is 5.94. The fourth-order valence-corrected chi connectivity index (χ4v) is 4.57. The van der Waals surface area contributed by atoms with E-state index in [0.717, 1.165) is 49.4 Å². The van der Waals surface area contributed by atoms with E-state index in [1.54, 1.807) is 6.07 Å². The molecule has 1 saturated heterocycles. The molecule has 29 heavy (non-hydrogen) atoms. The van der Waals surface area contributed by atoms with Crippen molar-refractivity contribution in [3.8, 4) is 0 Å². The number of hydrogen-bond acceptors (Lipinski definition) is 5. The molecule has 2 aliphatic rings. The van der Waals surface area contributed by atoms with Gasteiger partial charge in [0.15, 0.2) is 0 Å². The monoisotopic (exact) mass is 413 g/mol. The van der Waals surface area contributed by atoms with Gasteiger partial charge in [-0.15, -0.1) is 0 Å². The quantitative estimate of drug-likeness (QED) is 0.511. The molecule has 2 heterocycles. The summed E-state index contributed by atoms with van der Waals surface area (Å²) < 4.78 is 5.56. The molecule has 2 aromatic rings. The van der Waals surface area contributed by atoms with Crippen LogP contribution in [0.15, 0.2) is 30.5 Å². The van der Waals surface area contributed by atoms with Crippen molar-refractivity contribution in [1.82, 2.24) is 9.88 Å². The lowest BCUT2D eigenvalue weighted by Crippen LogP contribution is -2.37. The van der Waals surface area contributed by atoms with Crippen LogP contribution in [0.1, 0.15) is 48.1 Å². The first-order chi connectivity index (χ1) is 14.1. The molecule has 1 aromatic heterocycles. The zero-order valence-corrected chi connectivity index (χ0v) is 17.1. The summed E-state index contributed by atoms with van der Waals surface area (Å²) in [7, 11) is 0. The van der Waals surface area contributed by atoms with Crippen molar-refractivity contribution in [1.29, 1.82) is 0 Å². The number of nitro groups is 1. The number of halogens is 1. The van der Waals surface area contributed by atoms with Gasteiger partial charge < -0.3 is 4.74 Å². The number of piperidine rings is 1. The number of pyridine rings is 1. The van der Waals surface area contributed by atoms with E-state index in [0.29, 0.717) is 17.7 Å². The van der Waals surface area contributed by atoms with Crippen molar-refractivity contribution >= 4 is 29.4 Å². The minimum atomic E-state index is -0.392. The molecule has 0 radical (unpaired) electrons. The lowest BCUT2D eigenvalue weighted by atomic mass is 9.76. The highest BCUT2D eigenvalue weighted by Gasteiger charge is 2.33. The smallest absolute Gasteiger partial charge is 0.288 e. The first kappa shape index (κ1) is 20.0. The summed E-state index contributed by atoms with van der Waals surface area (Å²) in [5, 5.41) is 11.9. The molecular formula is C22H24ClN3O3. The Balaban J connectivity index is 1.71. The lowest BCUT2D eigenvalue weighted by Gasteiger charge is -2.36. The summed E-state index contributed by atoms with van der Waals surface area (Å²) in [6.45, 7) is 5.34. The van der Waals surface area contributed by atoms with Crippen LogP contribution in [0, 0.1) is 16.0 Å². The van der Waals surface area contributed by atoms with Crippen molar-refractivity contribution in [2.75, 3.05) is 26.4 Å². The summed E-state index contributed by atoms with van der Waals surface area (Å²) >= 11 is 6.25. The Hall–Kier alpha value is -2.28. The molecule has 1 aliphatic heterocycles. The van der Waals surface area contributed by atoms with Crippen LogP contribution in [0.3, 0.4) is 0 Å². The normalized spacial score (nSPS) is 19.4. The number of fused-ring (bicyclic) bond motifs is 2. The molecule has 1 unspecified atom stereocenters. The summed E-state index contributed by atoms with van der Waals surface area (Å²) in [6, 6.07) is 7.59. The van der Waals surface area contributed by atoms with Gasteiger partial charge in [0.1, 0.15) is 6.20 Å². The second-order valence-electron chi connectivity index (χ2n) is 7.59. The predicted molar refractivity (Wildman–Crippen MR) is 114 cm³/mol. The van der Waals surface area contributed by atoms with E-state index in [1.807, 2.05) is 31.2 Å². The van der Waals surface area contributed by atoms with Crippen LogP contribution in [0.2, 0.25) is 5.02 Å². The largest absolute Gasteiger partial charge is 0.366 e. The first-order valence-corrected chi connectivity index (χ1v) is 10.4. The Morgan fingerprint density at radius 3 is 2.72 bits per heavy atom. The van der Waals surface area contributed by atoms with Gasteiger partial charge in [0.25, 0.3) is 5.69 Å². The van der Waals surface area contributed by atoms with Crippen molar-refractivity contribution in [3.63, 3.8) is 0 Å². The van der Waals surface area contributed by atoms with Crippen LogP contribution in [0.4, 0.5) is 5.69 Å². The highest BCUT2D eigenvalue weighted by atomic mass is 35.5. The SMILES string of the molecule is CCOCN1CCC(C2c3ccc(Cl)cc3C=Cc3cc([N+](=O)[O-])cnc32)CC1. The molecule has 4 rings (SSSR count). The van der Waals surface area contributed by atoms with Crippen LogP contribution >= 0.6 is 11.6 Å². The first-order valence-electron chi connectivity index (χ1n) is 9.98. The number of aromatic nitrogens is 1. The maximum atomic E-state index is 11.2. The average Bonchev–Trinajstić information content (AvgIpc) is 2.88. The van der Waals surface area contributed by atoms with Gasteiger partial charge in [-0.1, -0.05) is 29.8 Å². The summed E-state index contributed by atoms with van der Waals surface area (Å²) in [5.41, 5.74) is 3.99. The predicted octanol–water partition coefficient (Wildman–Crippen LogP) is 4.96. The minimum absolute atomic E-state index is 0.0164. The van der Waals surface area contributed by atoms with Crippen molar-refractivity contribution < 1.29 is 9.66 Å². The van der Waals surface area contributed by atoms with Crippen LogP contribution in [0.25, 0.3) is 12.2 Å². The van der Waals surface area contributed by atoms with E-state index < -0.39 is 4.92 Å². The van der Waals surface area contributed by atoms with Crippen LogP contribution in [-0.4, -0.2) is 41.2 Å². The molecule has 0 N–H and O–H groups in total. The summed E-state index contributed by atoms with van der Waals surface area (Å²) in [5.74, 6) is 0.489. The Labute approximate surface area is 175 Å². The number of ether oxygens (including phenoxy) is 1. The molecule has 1 fully saturated rings. The molecule has 1 atom stereocenters. The van der Waals surface area contributed by atoms with E-state index in [1.165, 1.54) is 11.8 Å². The maximum Gasteiger partial charge on any atom is 0.288 e. The summed E-state index contributed by atoms with van der Waals surface area (Å²) in [6.07, 6.45) is 7.35. The fourth-order valence-electron chi connectivity index (χ4n) is 4.39. The highest BCUT2D eigenvalue weighted by molar-refractivity contribution is 6.30. The standard InChI is InChI=1S/C22H24ClN3O3/c1-2-29-14-25-9-7-15(8-10-25)21-20-6-5-18(23)11-16(20)3-4-17-12-19(26(27)28)13-24-22(17)21/h3-6,11-13,15,21H,2,7-10,14H2,1H3. The molecule has 1 aromatic carbocycles.